The standard InChI is InChI=1S/C22H32N2O5S2/c1-21(2)16-12-13-22(21,20(25)14-16)15-30(26,27)23-18-8-10-19(11-9-18)31(28,29)24-17-6-4-3-5-7-17/h8-11,16-17,23-24H,3-7,12-15H2,1-2H3/t16-,22+/m1/s1. The second-order valence-electron chi connectivity index (χ2n) is 10.0. The number of nitrogens with one attached hydrogen (secondary N) is 2. The molecular formula is C22H32N2O5S2. The molecule has 3 aliphatic rings. The lowest BCUT2D eigenvalue weighted by molar-refractivity contribution is -0.128. The van der Waals surface area contributed by atoms with Gasteiger partial charge in [-0.1, -0.05) is 33.1 Å². The van der Waals surface area contributed by atoms with Crippen LogP contribution in [0.15, 0.2) is 29.2 Å². The van der Waals surface area contributed by atoms with Crippen LogP contribution in [0.3, 0.4) is 0 Å². The van der Waals surface area contributed by atoms with E-state index in [1.54, 1.807) is 0 Å². The minimum Gasteiger partial charge on any atom is -0.299 e. The highest BCUT2D eigenvalue weighted by Gasteiger charge is 2.65. The van der Waals surface area contributed by atoms with Crippen molar-refractivity contribution < 1.29 is 21.6 Å². The van der Waals surface area contributed by atoms with E-state index in [2.05, 4.69) is 9.44 Å². The molecule has 3 fully saturated rings. The van der Waals surface area contributed by atoms with E-state index in [-0.39, 0.29) is 33.8 Å². The molecule has 0 spiro atoms. The zero-order chi connectivity index (χ0) is 22.5. The Morgan fingerprint density at radius 3 is 2.16 bits per heavy atom. The van der Waals surface area contributed by atoms with Crippen LogP contribution in [0.5, 0.6) is 0 Å². The maximum Gasteiger partial charge on any atom is 0.240 e. The molecule has 7 nitrogen and oxygen atoms in total. The van der Waals surface area contributed by atoms with Crippen molar-refractivity contribution in [2.75, 3.05) is 10.5 Å². The molecular weight excluding hydrogens is 436 g/mol. The predicted octanol–water partition coefficient (Wildman–Crippen LogP) is 3.43. The van der Waals surface area contributed by atoms with Gasteiger partial charge in [0.05, 0.1) is 16.1 Å². The molecule has 2 atom stereocenters. The van der Waals surface area contributed by atoms with Gasteiger partial charge in [-0.15, -0.1) is 0 Å². The quantitative estimate of drug-likeness (QED) is 0.637. The number of hydrogen-bond acceptors (Lipinski definition) is 5. The van der Waals surface area contributed by atoms with E-state index >= 15 is 0 Å². The number of carbonyl (C=O) groups is 1. The number of benzene rings is 1. The monoisotopic (exact) mass is 468 g/mol. The summed E-state index contributed by atoms with van der Waals surface area (Å²) in [5, 5.41) is 0. The Hall–Kier alpha value is -1.45. The summed E-state index contributed by atoms with van der Waals surface area (Å²) in [5.74, 6) is 0.0664. The van der Waals surface area contributed by atoms with Crippen molar-refractivity contribution in [2.24, 2.45) is 16.7 Å². The number of fused-ring (bicyclic) bond motifs is 2. The van der Waals surface area contributed by atoms with E-state index in [1.165, 1.54) is 24.3 Å². The van der Waals surface area contributed by atoms with Gasteiger partial charge in [0, 0.05) is 18.2 Å². The normalized spacial score (nSPS) is 28.7. The van der Waals surface area contributed by atoms with E-state index < -0.39 is 25.5 Å². The fourth-order valence-electron chi connectivity index (χ4n) is 5.86. The first kappa shape index (κ1) is 22.7. The fraction of sp³-hybridized carbons (Fsp3) is 0.682. The molecule has 2 bridgehead atoms. The summed E-state index contributed by atoms with van der Waals surface area (Å²) in [6.07, 6.45) is 6.82. The molecule has 0 amide bonds. The van der Waals surface area contributed by atoms with Gasteiger partial charge in [0.1, 0.15) is 5.78 Å². The number of ketones is 1. The van der Waals surface area contributed by atoms with Crippen molar-refractivity contribution in [1.82, 2.24) is 4.72 Å². The van der Waals surface area contributed by atoms with Gasteiger partial charge in [0.25, 0.3) is 0 Å². The molecule has 0 radical (unpaired) electrons. The maximum absolute atomic E-state index is 12.9. The molecule has 1 aromatic rings. The number of rotatable bonds is 7. The van der Waals surface area contributed by atoms with Gasteiger partial charge in [0.2, 0.25) is 20.0 Å². The predicted molar refractivity (Wildman–Crippen MR) is 120 cm³/mol. The SMILES string of the molecule is CC1(C)[C@@H]2CC[C@]1(CS(=O)(=O)Nc1ccc(S(=O)(=O)NC3CCCCC3)cc1)C(=O)C2. The molecule has 0 saturated heterocycles. The van der Waals surface area contributed by atoms with Gasteiger partial charge in [-0.3, -0.25) is 9.52 Å². The number of carbonyl (C=O) groups excluding carboxylic acids is 1. The maximum atomic E-state index is 12.9. The number of sulfonamides is 2. The van der Waals surface area contributed by atoms with E-state index in [9.17, 15) is 21.6 Å². The molecule has 172 valence electrons. The largest absolute Gasteiger partial charge is 0.299 e. The van der Waals surface area contributed by atoms with E-state index in [0.29, 0.717) is 18.5 Å². The number of Topliss-reactive ketones (excluding diaryl/α,β-unsaturated/α-hetero) is 1. The highest BCUT2D eigenvalue weighted by atomic mass is 32.2. The van der Waals surface area contributed by atoms with Crippen LogP contribution in [-0.2, 0) is 24.8 Å². The van der Waals surface area contributed by atoms with Gasteiger partial charge in [0.15, 0.2) is 0 Å². The van der Waals surface area contributed by atoms with Crippen LogP contribution in [0.4, 0.5) is 5.69 Å². The molecule has 3 aliphatic carbocycles. The first-order valence-corrected chi connectivity index (χ1v) is 14.2. The topological polar surface area (TPSA) is 109 Å². The van der Waals surface area contributed by atoms with Crippen molar-refractivity contribution in [3.8, 4) is 0 Å². The first-order chi connectivity index (χ1) is 14.5. The van der Waals surface area contributed by atoms with Gasteiger partial charge < -0.3 is 0 Å². The Morgan fingerprint density at radius 2 is 1.61 bits per heavy atom. The highest BCUT2D eigenvalue weighted by molar-refractivity contribution is 7.92. The summed E-state index contributed by atoms with van der Waals surface area (Å²) < 4.78 is 56.4. The third-order valence-electron chi connectivity index (χ3n) is 7.94. The minimum absolute atomic E-state index is 0.0428. The number of hydrogen-bond donors (Lipinski definition) is 2. The summed E-state index contributed by atoms with van der Waals surface area (Å²) in [5.41, 5.74) is -0.871. The summed E-state index contributed by atoms with van der Waals surface area (Å²) in [7, 11) is -7.41. The summed E-state index contributed by atoms with van der Waals surface area (Å²) >= 11 is 0. The molecule has 0 aliphatic heterocycles. The van der Waals surface area contributed by atoms with Crippen LogP contribution >= 0.6 is 0 Å². The van der Waals surface area contributed by atoms with E-state index in [1.807, 2.05) is 13.8 Å². The lowest BCUT2D eigenvalue weighted by Gasteiger charge is -2.36. The lowest BCUT2D eigenvalue weighted by Crippen LogP contribution is -2.43. The molecule has 3 saturated carbocycles. The molecule has 2 N–H and O–H groups in total. The summed E-state index contributed by atoms with van der Waals surface area (Å²) in [6.45, 7) is 4.01. The van der Waals surface area contributed by atoms with Gasteiger partial charge in [-0.05, 0) is 61.3 Å². The highest BCUT2D eigenvalue weighted by Crippen LogP contribution is 2.64. The van der Waals surface area contributed by atoms with Crippen molar-refractivity contribution in [3.05, 3.63) is 24.3 Å². The molecule has 9 heteroatoms. The van der Waals surface area contributed by atoms with Crippen molar-refractivity contribution in [1.29, 1.82) is 0 Å². The Balaban J connectivity index is 1.45. The smallest absolute Gasteiger partial charge is 0.240 e. The van der Waals surface area contributed by atoms with Crippen LogP contribution in [0.25, 0.3) is 0 Å². The molecule has 31 heavy (non-hydrogen) atoms. The Morgan fingerprint density at radius 1 is 0.968 bits per heavy atom. The summed E-state index contributed by atoms with van der Waals surface area (Å²) in [6, 6.07) is 5.71. The molecule has 0 aromatic heterocycles. The van der Waals surface area contributed by atoms with Crippen LogP contribution in [0.2, 0.25) is 0 Å². The van der Waals surface area contributed by atoms with E-state index in [0.717, 1.165) is 38.5 Å². The second-order valence-corrected chi connectivity index (χ2v) is 13.4. The van der Waals surface area contributed by atoms with Crippen LogP contribution < -0.4 is 9.44 Å². The first-order valence-electron chi connectivity index (χ1n) is 11.1. The fourth-order valence-corrected chi connectivity index (χ4v) is 9.06. The third kappa shape index (κ3) is 4.16. The van der Waals surface area contributed by atoms with Crippen LogP contribution in [0.1, 0.15) is 65.2 Å². The molecule has 0 unspecified atom stereocenters. The molecule has 4 rings (SSSR count). The molecule has 1 aromatic carbocycles. The Kier molecular flexibility index (Phi) is 5.75. The van der Waals surface area contributed by atoms with E-state index in [4.69, 9.17) is 0 Å². The zero-order valence-electron chi connectivity index (χ0n) is 18.2. The van der Waals surface area contributed by atoms with Crippen molar-refractivity contribution >= 4 is 31.5 Å². The zero-order valence-corrected chi connectivity index (χ0v) is 19.8. The van der Waals surface area contributed by atoms with Gasteiger partial charge >= 0.3 is 0 Å². The molecule has 0 heterocycles. The Labute approximate surface area is 185 Å². The van der Waals surface area contributed by atoms with Crippen molar-refractivity contribution in [3.63, 3.8) is 0 Å². The number of anilines is 1. The van der Waals surface area contributed by atoms with Crippen molar-refractivity contribution in [2.45, 2.75) is 76.2 Å². The van der Waals surface area contributed by atoms with Gasteiger partial charge in [-0.25, -0.2) is 21.6 Å². The van der Waals surface area contributed by atoms with Crippen LogP contribution in [0, 0.1) is 16.7 Å². The second kappa shape index (κ2) is 7.85. The average Bonchev–Trinajstić information content (AvgIpc) is 3.02. The minimum atomic E-state index is -3.77. The Bertz CT molecular complexity index is 1060. The average molecular weight is 469 g/mol. The lowest BCUT2D eigenvalue weighted by atomic mass is 9.70. The van der Waals surface area contributed by atoms with Gasteiger partial charge in [-0.2, -0.15) is 0 Å². The van der Waals surface area contributed by atoms with Crippen LogP contribution in [-0.4, -0.2) is 34.4 Å². The summed E-state index contributed by atoms with van der Waals surface area (Å²) in [4.78, 5) is 12.8. The third-order valence-corrected chi connectivity index (χ3v) is 10.9.